The highest BCUT2D eigenvalue weighted by atomic mass is 35.5. The molecule has 1 N–H and O–H groups in total. The summed E-state index contributed by atoms with van der Waals surface area (Å²) >= 11 is 6.13. The maximum atomic E-state index is 12.9. The molecule has 1 aromatic heterocycles. The minimum atomic E-state index is -3.82. The van der Waals surface area contributed by atoms with E-state index in [1.807, 2.05) is 0 Å². The number of aromatic nitrogens is 1. The van der Waals surface area contributed by atoms with E-state index in [1.54, 1.807) is 29.9 Å². The third-order valence-electron chi connectivity index (χ3n) is 4.69. The van der Waals surface area contributed by atoms with E-state index >= 15 is 0 Å². The first-order valence-corrected chi connectivity index (χ1v) is 11.1. The highest BCUT2D eigenvalue weighted by molar-refractivity contribution is 7.89. The van der Waals surface area contributed by atoms with E-state index < -0.39 is 15.9 Å². The Morgan fingerprint density at radius 2 is 1.93 bits per heavy atom. The van der Waals surface area contributed by atoms with Crippen LogP contribution < -0.4 is 5.32 Å². The average molecular weight is 455 g/mol. The van der Waals surface area contributed by atoms with Crippen LogP contribution in [0.2, 0.25) is 5.02 Å². The van der Waals surface area contributed by atoms with Crippen molar-refractivity contribution in [2.24, 2.45) is 7.05 Å². The Hall–Kier alpha value is -2.40. The number of carbonyl (C=O) groups is 2. The number of rotatable bonds is 6. The first kappa shape index (κ1) is 22.3. The van der Waals surface area contributed by atoms with Gasteiger partial charge in [0.05, 0.1) is 24.8 Å². The molecule has 3 rings (SSSR count). The second kappa shape index (κ2) is 9.17. The van der Waals surface area contributed by atoms with Crippen molar-refractivity contribution in [3.63, 3.8) is 0 Å². The Labute approximate surface area is 180 Å². The molecule has 1 fully saturated rings. The minimum absolute atomic E-state index is 0.0653. The predicted molar refractivity (Wildman–Crippen MR) is 112 cm³/mol. The van der Waals surface area contributed by atoms with E-state index in [1.165, 1.54) is 34.5 Å². The lowest BCUT2D eigenvalue weighted by atomic mass is 10.3. The van der Waals surface area contributed by atoms with Crippen LogP contribution >= 0.6 is 11.6 Å². The molecule has 1 aromatic carbocycles. The Balaban J connectivity index is 1.71. The molecule has 9 nitrogen and oxygen atoms in total. The van der Waals surface area contributed by atoms with Gasteiger partial charge in [-0.05, 0) is 30.3 Å². The van der Waals surface area contributed by atoms with Crippen molar-refractivity contribution >= 4 is 39.1 Å². The van der Waals surface area contributed by atoms with Crippen LogP contribution in [0, 0.1) is 0 Å². The van der Waals surface area contributed by atoms with E-state index in [-0.39, 0.29) is 41.1 Å². The zero-order valence-electron chi connectivity index (χ0n) is 16.7. The van der Waals surface area contributed by atoms with Gasteiger partial charge in [0.2, 0.25) is 15.9 Å². The van der Waals surface area contributed by atoms with Gasteiger partial charge in [-0.15, -0.1) is 0 Å². The molecular weight excluding hydrogens is 432 g/mol. The van der Waals surface area contributed by atoms with Crippen LogP contribution in [-0.2, 0) is 26.6 Å². The monoisotopic (exact) mass is 454 g/mol. The maximum Gasteiger partial charge on any atom is 0.270 e. The summed E-state index contributed by atoms with van der Waals surface area (Å²) in [6, 6.07) is 7.66. The molecule has 162 valence electrons. The number of likely N-dealkylation sites (N-methyl/N-ethyl adjacent to an activating group) is 1. The van der Waals surface area contributed by atoms with Crippen LogP contribution in [-0.4, -0.2) is 73.9 Å². The molecule has 0 saturated carbocycles. The predicted octanol–water partition coefficient (Wildman–Crippen LogP) is 1.41. The molecule has 0 atom stereocenters. The molecule has 1 aliphatic heterocycles. The number of nitrogens with zero attached hydrogens (tertiary/aromatic N) is 3. The average Bonchev–Trinajstić information content (AvgIpc) is 3.15. The topological polar surface area (TPSA) is 101 Å². The molecule has 30 heavy (non-hydrogen) atoms. The molecular formula is C19H23ClN4O5S. The summed E-state index contributed by atoms with van der Waals surface area (Å²) in [4.78, 5) is 26.0. The lowest BCUT2D eigenvalue weighted by Gasteiger charge is -2.26. The summed E-state index contributed by atoms with van der Waals surface area (Å²) < 4.78 is 34.0. The number of morpholine rings is 1. The molecule has 11 heteroatoms. The maximum absolute atomic E-state index is 12.9. The van der Waals surface area contributed by atoms with Gasteiger partial charge in [0.15, 0.2) is 0 Å². The largest absolute Gasteiger partial charge is 0.379 e. The Morgan fingerprint density at radius 1 is 1.23 bits per heavy atom. The van der Waals surface area contributed by atoms with Crippen LogP contribution in [0.1, 0.15) is 10.5 Å². The molecule has 0 spiro atoms. The first-order valence-electron chi connectivity index (χ1n) is 9.24. The summed E-state index contributed by atoms with van der Waals surface area (Å²) in [6.07, 6.45) is 1.74. The SMILES string of the molecule is CN(CC(=O)Nc1ccc(Cl)c(S(=O)(=O)N2CCOCC2)c1)C(=O)c1cccn1C. The van der Waals surface area contributed by atoms with Gasteiger partial charge in [-0.1, -0.05) is 11.6 Å². The fourth-order valence-corrected chi connectivity index (χ4v) is 4.98. The minimum Gasteiger partial charge on any atom is -0.379 e. The fourth-order valence-electron chi connectivity index (χ4n) is 3.07. The van der Waals surface area contributed by atoms with Gasteiger partial charge < -0.3 is 19.5 Å². The van der Waals surface area contributed by atoms with Gasteiger partial charge in [0, 0.05) is 39.1 Å². The summed E-state index contributed by atoms with van der Waals surface area (Å²) in [6.45, 7) is 0.907. The van der Waals surface area contributed by atoms with Crippen molar-refractivity contribution in [3.05, 3.63) is 47.2 Å². The molecule has 2 amide bonds. The zero-order valence-corrected chi connectivity index (χ0v) is 18.2. The van der Waals surface area contributed by atoms with E-state index in [2.05, 4.69) is 5.32 Å². The van der Waals surface area contributed by atoms with E-state index in [0.29, 0.717) is 18.9 Å². The van der Waals surface area contributed by atoms with Gasteiger partial charge in [0.1, 0.15) is 10.6 Å². The highest BCUT2D eigenvalue weighted by Crippen LogP contribution is 2.28. The summed E-state index contributed by atoms with van der Waals surface area (Å²) in [5.74, 6) is -0.763. The lowest BCUT2D eigenvalue weighted by Crippen LogP contribution is -2.40. The Kier molecular flexibility index (Phi) is 6.81. The van der Waals surface area contributed by atoms with E-state index in [4.69, 9.17) is 16.3 Å². The normalized spacial score (nSPS) is 15.0. The number of nitrogens with one attached hydrogen (secondary N) is 1. The van der Waals surface area contributed by atoms with Crippen LogP contribution in [0.3, 0.4) is 0 Å². The molecule has 0 radical (unpaired) electrons. The third-order valence-corrected chi connectivity index (χ3v) is 7.07. The molecule has 2 heterocycles. The molecule has 1 saturated heterocycles. The van der Waals surface area contributed by atoms with Crippen molar-refractivity contribution in [2.75, 3.05) is 45.2 Å². The van der Waals surface area contributed by atoms with Gasteiger partial charge in [-0.25, -0.2) is 8.42 Å². The van der Waals surface area contributed by atoms with Crippen molar-refractivity contribution in [2.45, 2.75) is 4.90 Å². The quantitative estimate of drug-likeness (QED) is 0.711. The summed E-state index contributed by atoms with van der Waals surface area (Å²) in [7, 11) is -0.559. The van der Waals surface area contributed by atoms with Crippen LogP contribution in [0.4, 0.5) is 5.69 Å². The molecule has 0 aliphatic carbocycles. The van der Waals surface area contributed by atoms with Crippen molar-refractivity contribution in [1.82, 2.24) is 13.8 Å². The van der Waals surface area contributed by atoms with E-state index in [0.717, 1.165) is 0 Å². The van der Waals surface area contributed by atoms with Crippen LogP contribution in [0.25, 0.3) is 0 Å². The zero-order chi connectivity index (χ0) is 21.9. The van der Waals surface area contributed by atoms with Crippen LogP contribution in [0.15, 0.2) is 41.4 Å². The second-order valence-corrected chi connectivity index (χ2v) is 9.19. The molecule has 0 unspecified atom stereocenters. The number of hydrogen-bond donors (Lipinski definition) is 1. The molecule has 0 bridgehead atoms. The smallest absolute Gasteiger partial charge is 0.270 e. The van der Waals surface area contributed by atoms with Crippen molar-refractivity contribution < 1.29 is 22.7 Å². The summed E-state index contributed by atoms with van der Waals surface area (Å²) in [5, 5.41) is 2.69. The summed E-state index contributed by atoms with van der Waals surface area (Å²) in [5.41, 5.74) is 0.728. The third kappa shape index (κ3) is 4.84. The number of amides is 2. The molecule has 1 aliphatic rings. The second-order valence-electron chi connectivity index (χ2n) is 6.88. The van der Waals surface area contributed by atoms with Gasteiger partial charge in [-0.3, -0.25) is 9.59 Å². The number of ether oxygens (including phenoxy) is 1. The number of hydrogen-bond acceptors (Lipinski definition) is 5. The van der Waals surface area contributed by atoms with Gasteiger partial charge in [-0.2, -0.15) is 4.31 Å². The van der Waals surface area contributed by atoms with Gasteiger partial charge in [0.25, 0.3) is 5.91 Å². The lowest BCUT2D eigenvalue weighted by molar-refractivity contribution is -0.116. The first-order chi connectivity index (χ1) is 14.2. The fraction of sp³-hybridized carbons (Fsp3) is 0.368. The van der Waals surface area contributed by atoms with Crippen molar-refractivity contribution in [3.8, 4) is 0 Å². The molecule has 2 aromatic rings. The number of halogens is 1. The van der Waals surface area contributed by atoms with Gasteiger partial charge >= 0.3 is 0 Å². The van der Waals surface area contributed by atoms with Crippen LogP contribution in [0.5, 0.6) is 0 Å². The van der Waals surface area contributed by atoms with E-state index in [9.17, 15) is 18.0 Å². The number of sulfonamides is 1. The number of carbonyl (C=O) groups excluding carboxylic acids is 2. The number of anilines is 1. The Bertz CT molecular complexity index is 1050. The highest BCUT2D eigenvalue weighted by Gasteiger charge is 2.28. The van der Waals surface area contributed by atoms with Crippen molar-refractivity contribution in [1.29, 1.82) is 0 Å². The standard InChI is InChI=1S/C19H23ClN4O5S/c1-22-7-3-4-16(22)19(26)23(2)13-18(25)21-14-5-6-15(20)17(12-14)30(27,28)24-8-10-29-11-9-24/h3-7,12H,8-11,13H2,1-2H3,(H,21,25). The number of benzene rings is 1. The number of aryl methyl sites for hydroxylation is 1. The Morgan fingerprint density at radius 3 is 2.57 bits per heavy atom.